The van der Waals surface area contributed by atoms with Crippen molar-refractivity contribution in [3.05, 3.63) is 23.5 Å². The third-order valence-electron chi connectivity index (χ3n) is 2.16. The molecule has 0 aliphatic carbocycles. The first-order valence-corrected chi connectivity index (χ1v) is 4.27. The SMILES string of the molecule is Cc1nn(C)c2nc(C(F)(F)F)ccc12. The molecule has 0 aliphatic heterocycles. The van der Waals surface area contributed by atoms with E-state index in [4.69, 9.17) is 0 Å². The monoisotopic (exact) mass is 215 g/mol. The summed E-state index contributed by atoms with van der Waals surface area (Å²) < 4.78 is 38.4. The zero-order valence-electron chi connectivity index (χ0n) is 8.13. The summed E-state index contributed by atoms with van der Waals surface area (Å²) in [4.78, 5) is 3.54. The lowest BCUT2D eigenvalue weighted by Crippen LogP contribution is -2.08. The Kier molecular flexibility index (Phi) is 1.95. The Morgan fingerprint density at radius 2 is 1.93 bits per heavy atom. The van der Waals surface area contributed by atoms with Gasteiger partial charge in [0.25, 0.3) is 0 Å². The molecule has 0 amide bonds. The van der Waals surface area contributed by atoms with Crippen LogP contribution in [0.5, 0.6) is 0 Å². The Balaban J connectivity index is 2.71. The van der Waals surface area contributed by atoms with E-state index in [0.29, 0.717) is 11.1 Å². The first-order chi connectivity index (χ1) is 6.89. The Hall–Kier alpha value is -1.59. The van der Waals surface area contributed by atoms with E-state index in [2.05, 4.69) is 10.1 Å². The van der Waals surface area contributed by atoms with Crippen LogP contribution in [0, 0.1) is 6.92 Å². The molecule has 0 saturated heterocycles. The average molecular weight is 215 g/mol. The molecular weight excluding hydrogens is 207 g/mol. The van der Waals surface area contributed by atoms with Gasteiger partial charge in [0.1, 0.15) is 5.69 Å². The number of rotatable bonds is 0. The Morgan fingerprint density at radius 1 is 1.27 bits per heavy atom. The third kappa shape index (κ3) is 1.55. The molecule has 0 saturated carbocycles. The topological polar surface area (TPSA) is 30.7 Å². The quantitative estimate of drug-likeness (QED) is 0.675. The fourth-order valence-corrected chi connectivity index (χ4v) is 1.46. The fraction of sp³-hybridized carbons (Fsp3) is 0.333. The van der Waals surface area contributed by atoms with Crippen LogP contribution in [0.2, 0.25) is 0 Å². The van der Waals surface area contributed by atoms with Gasteiger partial charge in [-0.3, -0.25) is 4.68 Å². The van der Waals surface area contributed by atoms with Crippen molar-refractivity contribution >= 4 is 11.0 Å². The van der Waals surface area contributed by atoms with Crippen LogP contribution in [-0.2, 0) is 13.2 Å². The number of hydrogen-bond donors (Lipinski definition) is 0. The van der Waals surface area contributed by atoms with Gasteiger partial charge in [-0.05, 0) is 19.1 Å². The van der Waals surface area contributed by atoms with Gasteiger partial charge in [-0.15, -0.1) is 0 Å². The smallest absolute Gasteiger partial charge is 0.250 e. The van der Waals surface area contributed by atoms with Gasteiger partial charge in [-0.1, -0.05) is 0 Å². The third-order valence-corrected chi connectivity index (χ3v) is 2.16. The van der Waals surface area contributed by atoms with Crippen molar-refractivity contribution < 1.29 is 13.2 Å². The molecule has 2 rings (SSSR count). The van der Waals surface area contributed by atoms with E-state index in [0.717, 1.165) is 6.07 Å². The van der Waals surface area contributed by atoms with Crippen molar-refractivity contribution in [3.63, 3.8) is 0 Å². The van der Waals surface area contributed by atoms with E-state index in [9.17, 15) is 13.2 Å². The van der Waals surface area contributed by atoms with Gasteiger partial charge >= 0.3 is 6.18 Å². The van der Waals surface area contributed by atoms with Crippen LogP contribution in [0.15, 0.2) is 12.1 Å². The second kappa shape index (κ2) is 2.95. The number of fused-ring (bicyclic) bond motifs is 1. The fourth-order valence-electron chi connectivity index (χ4n) is 1.46. The molecule has 0 radical (unpaired) electrons. The molecule has 6 heteroatoms. The van der Waals surface area contributed by atoms with Crippen LogP contribution in [-0.4, -0.2) is 14.8 Å². The van der Waals surface area contributed by atoms with Gasteiger partial charge in [0.05, 0.1) is 5.69 Å². The van der Waals surface area contributed by atoms with Crippen LogP contribution in [0.4, 0.5) is 13.2 Å². The number of aromatic nitrogens is 3. The van der Waals surface area contributed by atoms with Crippen molar-refractivity contribution in [3.8, 4) is 0 Å². The van der Waals surface area contributed by atoms with Crippen molar-refractivity contribution in [2.45, 2.75) is 13.1 Å². The maximum atomic E-state index is 12.4. The van der Waals surface area contributed by atoms with E-state index < -0.39 is 11.9 Å². The molecule has 0 fully saturated rings. The average Bonchev–Trinajstić information content (AvgIpc) is 2.41. The minimum Gasteiger partial charge on any atom is -0.250 e. The maximum Gasteiger partial charge on any atom is 0.433 e. The van der Waals surface area contributed by atoms with E-state index in [1.807, 2.05) is 0 Å². The number of alkyl halides is 3. The summed E-state index contributed by atoms with van der Waals surface area (Å²) in [5.74, 6) is 0. The second-order valence-electron chi connectivity index (χ2n) is 3.27. The van der Waals surface area contributed by atoms with E-state index >= 15 is 0 Å². The van der Waals surface area contributed by atoms with Crippen molar-refractivity contribution in [2.75, 3.05) is 0 Å². The van der Waals surface area contributed by atoms with Crippen LogP contribution in [0.3, 0.4) is 0 Å². The highest BCUT2D eigenvalue weighted by atomic mass is 19.4. The standard InChI is InChI=1S/C9H8F3N3/c1-5-6-3-4-7(9(10,11)12)13-8(6)15(2)14-5/h3-4H,1-2H3. The number of hydrogen-bond acceptors (Lipinski definition) is 2. The van der Waals surface area contributed by atoms with Crippen molar-refractivity contribution in [1.82, 2.24) is 14.8 Å². The molecular formula is C9H8F3N3. The number of aryl methyl sites for hydroxylation is 2. The molecule has 0 N–H and O–H groups in total. The highest BCUT2D eigenvalue weighted by molar-refractivity contribution is 5.78. The van der Waals surface area contributed by atoms with Crippen molar-refractivity contribution in [1.29, 1.82) is 0 Å². The van der Waals surface area contributed by atoms with Crippen LogP contribution in [0.1, 0.15) is 11.4 Å². The molecule has 3 nitrogen and oxygen atoms in total. The molecule has 80 valence electrons. The minimum atomic E-state index is -4.41. The zero-order valence-corrected chi connectivity index (χ0v) is 8.13. The molecule has 15 heavy (non-hydrogen) atoms. The highest BCUT2D eigenvalue weighted by Gasteiger charge is 2.32. The molecule has 0 aliphatic rings. The van der Waals surface area contributed by atoms with Gasteiger partial charge in [0, 0.05) is 12.4 Å². The molecule has 0 spiro atoms. The van der Waals surface area contributed by atoms with E-state index in [1.165, 1.54) is 10.7 Å². The zero-order chi connectivity index (χ0) is 11.2. The molecule has 2 heterocycles. The molecule has 2 aromatic heterocycles. The first-order valence-electron chi connectivity index (χ1n) is 4.27. The Labute approximate surface area is 83.5 Å². The maximum absolute atomic E-state index is 12.4. The summed E-state index contributed by atoms with van der Waals surface area (Å²) in [7, 11) is 1.57. The van der Waals surface area contributed by atoms with Crippen LogP contribution >= 0.6 is 0 Å². The van der Waals surface area contributed by atoms with Gasteiger partial charge in [-0.2, -0.15) is 18.3 Å². The summed E-state index contributed by atoms with van der Waals surface area (Å²) in [5, 5.41) is 4.64. The molecule has 0 bridgehead atoms. The summed E-state index contributed by atoms with van der Waals surface area (Å²) in [6.45, 7) is 1.73. The first kappa shape index (κ1) is 9.95. The summed E-state index contributed by atoms with van der Waals surface area (Å²) in [6, 6.07) is 2.37. The van der Waals surface area contributed by atoms with Gasteiger partial charge in [-0.25, -0.2) is 4.98 Å². The summed E-state index contributed by atoms with van der Waals surface area (Å²) in [5.41, 5.74) is 0.0362. The molecule has 0 aromatic carbocycles. The minimum absolute atomic E-state index is 0.252. The number of nitrogens with zero attached hydrogens (tertiary/aromatic N) is 3. The lowest BCUT2D eigenvalue weighted by molar-refractivity contribution is -0.141. The molecule has 0 unspecified atom stereocenters. The second-order valence-corrected chi connectivity index (χ2v) is 3.27. The molecule has 2 aromatic rings. The normalized spacial score (nSPS) is 12.3. The lowest BCUT2D eigenvalue weighted by atomic mass is 10.2. The predicted molar refractivity (Wildman–Crippen MR) is 48.2 cm³/mol. The van der Waals surface area contributed by atoms with E-state index in [-0.39, 0.29) is 5.65 Å². The van der Waals surface area contributed by atoms with Gasteiger partial charge < -0.3 is 0 Å². The highest BCUT2D eigenvalue weighted by Crippen LogP contribution is 2.29. The molecule has 0 atom stereocenters. The number of pyridine rings is 1. The van der Waals surface area contributed by atoms with Crippen LogP contribution in [0.25, 0.3) is 11.0 Å². The summed E-state index contributed by atoms with van der Waals surface area (Å²) >= 11 is 0. The van der Waals surface area contributed by atoms with Gasteiger partial charge in [0.2, 0.25) is 0 Å². The largest absolute Gasteiger partial charge is 0.433 e. The number of halogens is 3. The summed E-state index contributed by atoms with van der Waals surface area (Å²) in [6.07, 6.45) is -4.41. The lowest BCUT2D eigenvalue weighted by Gasteiger charge is -2.05. The predicted octanol–water partition coefficient (Wildman–Crippen LogP) is 2.30. The van der Waals surface area contributed by atoms with Crippen molar-refractivity contribution in [2.24, 2.45) is 7.05 Å². The van der Waals surface area contributed by atoms with Crippen LogP contribution < -0.4 is 0 Å². The van der Waals surface area contributed by atoms with Gasteiger partial charge in [0.15, 0.2) is 5.65 Å². The Bertz CT molecular complexity index is 513. The Morgan fingerprint density at radius 3 is 2.53 bits per heavy atom. The van der Waals surface area contributed by atoms with E-state index in [1.54, 1.807) is 14.0 Å².